The SMILES string of the molecule is N#CCNC(=O)c1cc2nc(-c3ccccc3)cc(C(F)(F)F)n2n1. The molecule has 126 valence electrons. The molecule has 0 bridgehead atoms. The van der Waals surface area contributed by atoms with Crippen LogP contribution >= 0.6 is 0 Å². The first-order valence-corrected chi connectivity index (χ1v) is 7.09. The second-order valence-corrected chi connectivity index (χ2v) is 5.03. The molecule has 0 unspecified atom stereocenters. The number of carbonyl (C=O) groups excluding carboxylic acids is 1. The van der Waals surface area contributed by atoms with Crippen molar-refractivity contribution in [3.05, 3.63) is 53.9 Å². The van der Waals surface area contributed by atoms with E-state index in [0.29, 0.717) is 10.1 Å². The van der Waals surface area contributed by atoms with Gasteiger partial charge < -0.3 is 5.32 Å². The number of benzene rings is 1. The van der Waals surface area contributed by atoms with E-state index in [4.69, 9.17) is 5.26 Å². The van der Waals surface area contributed by atoms with Gasteiger partial charge in [-0.15, -0.1) is 0 Å². The minimum atomic E-state index is -4.68. The van der Waals surface area contributed by atoms with Gasteiger partial charge in [-0.25, -0.2) is 9.50 Å². The Morgan fingerprint density at radius 1 is 1.24 bits per heavy atom. The van der Waals surface area contributed by atoms with E-state index < -0.39 is 17.8 Å². The molecule has 2 aromatic heterocycles. The molecule has 0 aliphatic rings. The molecule has 0 spiro atoms. The van der Waals surface area contributed by atoms with Crippen molar-refractivity contribution in [3.63, 3.8) is 0 Å². The number of nitrogens with one attached hydrogen (secondary N) is 1. The van der Waals surface area contributed by atoms with Crippen LogP contribution in [-0.4, -0.2) is 27.0 Å². The summed E-state index contributed by atoms with van der Waals surface area (Å²) in [6.07, 6.45) is -4.68. The number of carbonyl (C=O) groups is 1. The quantitative estimate of drug-likeness (QED) is 0.740. The van der Waals surface area contributed by atoms with Crippen LogP contribution in [0.5, 0.6) is 0 Å². The highest BCUT2D eigenvalue weighted by Crippen LogP contribution is 2.32. The van der Waals surface area contributed by atoms with Crippen molar-refractivity contribution in [1.29, 1.82) is 5.26 Å². The average molecular weight is 345 g/mol. The Morgan fingerprint density at radius 2 is 1.96 bits per heavy atom. The molecule has 0 saturated heterocycles. The number of hydrogen-bond donors (Lipinski definition) is 1. The molecule has 9 heteroatoms. The molecule has 1 aromatic carbocycles. The van der Waals surface area contributed by atoms with E-state index in [9.17, 15) is 18.0 Å². The Kier molecular flexibility index (Phi) is 4.10. The number of aromatic nitrogens is 3. The summed E-state index contributed by atoms with van der Waals surface area (Å²) in [4.78, 5) is 16.0. The predicted octanol–water partition coefficient (Wildman–Crippen LogP) is 2.67. The first-order chi connectivity index (χ1) is 11.9. The highest BCUT2D eigenvalue weighted by atomic mass is 19.4. The molecular formula is C16H10F3N5O. The van der Waals surface area contributed by atoms with Gasteiger partial charge in [-0.2, -0.15) is 23.5 Å². The summed E-state index contributed by atoms with van der Waals surface area (Å²) in [5.41, 5.74) is -0.790. The molecule has 3 rings (SSSR count). The molecule has 3 aromatic rings. The van der Waals surface area contributed by atoms with Crippen LogP contribution in [0.25, 0.3) is 16.9 Å². The Labute approximate surface area is 139 Å². The summed E-state index contributed by atoms with van der Waals surface area (Å²) < 4.78 is 40.8. The zero-order valence-electron chi connectivity index (χ0n) is 12.6. The molecule has 0 aliphatic heterocycles. The van der Waals surface area contributed by atoms with Crippen LogP contribution in [0, 0.1) is 11.3 Å². The van der Waals surface area contributed by atoms with Crippen LogP contribution in [0.3, 0.4) is 0 Å². The van der Waals surface area contributed by atoms with E-state index in [0.717, 1.165) is 12.1 Å². The van der Waals surface area contributed by atoms with Gasteiger partial charge in [0.15, 0.2) is 17.0 Å². The number of rotatable bonds is 3. The van der Waals surface area contributed by atoms with Crippen molar-refractivity contribution in [2.24, 2.45) is 0 Å². The fourth-order valence-electron chi connectivity index (χ4n) is 2.25. The molecule has 0 atom stereocenters. The van der Waals surface area contributed by atoms with E-state index in [1.165, 1.54) is 0 Å². The van der Waals surface area contributed by atoms with E-state index >= 15 is 0 Å². The van der Waals surface area contributed by atoms with E-state index in [1.54, 1.807) is 36.4 Å². The third-order valence-corrected chi connectivity index (χ3v) is 3.35. The molecule has 25 heavy (non-hydrogen) atoms. The predicted molar refractivity (Wildman–Crippen MR) is 81.4 cm³/mol. The molecule has 0 fully saturated rings. The van der Waals surface area contributed by atoms with Gasteiger partial charge in [0.25, 0.3) is 5.91 Å². The lowest BCUT2D eigenvalue weighted by Crippen LogP contribution is -2.24. The monoisotopic (exact) mass is 345 g/mol. The zero-order valence-corrected chi connectivity index (χ0v) is 12.6. The summed E-state index contributed by atoms with van der Waals surface area (Å²) in [7, 11) is 0. The molecule has 0 radical (unpaired) electrons. The van der Waals surface area contributed by atoms with Crippen molar-refractivity contribution in [2.45, 2.75) is 6.18 Å². The van der Waals surface area contributed by atoms with Crippen molar-refractivity contribution >= 4 is 11.6 Å². The topological polar surface area (TPSA) is 83.1 Å². The van der Waals surface area contributed by atoms with Gasteiger partial charge in [0.1, 0.15) is 6.54 Å². The lowest BCUT2D eigenvalue weighted by Gasteiger charge is -2.10. The fraction of sp³-hybridized carbons (Fsp3) is 0.125. The van der Waals surface area contributed by atoms with Crippen LogP contribution < -0.4 is 5.32 Å². The maximum Gasteiger partial charge on any atom is 0.433 e. The van der Waals surface area contributed by atoms with E-state index in [-0.39, 0.29) is 23.6 Å². The Morgan fingerprint density at radius 3 is 2.60 bits per heavy atom. The first-order valence-electron chi connectivity index (χ1n) is 7.09. The number of nitriles is 1. The largest absolute Gasteiger partial charge is 0.433 e. The van der Waals surface area contributed by atoms with Gasteiger partial charge in [-0.05, 0) is 6.07 Å². The van der Waals surface area contributed by atoms with Crippen molar-refractivity contribution < 1.29 is 18.0 Å². The number of amides is 1. The third kappa shape index (κ3) is 3.28. The number of hydrogen-bond acceptors (Lipinski definition) is 4. The van der Waals surface area contributed by atoms with Gasteiger partial charge in [0, 0.05) is 11.6 Å². The lowest BCUT2D eigenvalue weighted by molar-refractivity contribution is -0.142. The zero-order chi connectivity index (χ0) is 18.0. The van der Waals surface area contributed by atoms with Crippen molar-refractivity contribution in [2.75, 3.05) is 6.54 Å². The summed E-state index contributed by atoms with van der Waals surface area (Å²) in [6, 6.07) is 12.1. The van der Waals surface area contributed by atoms with Crippen LogP contribution in [0.15, 0.2) is 42.5 Å². The molecule has 1 N–H and O–H groups in total. The molecule has 6 nitrogen and oxygen atoms in total. The van der Waals surface area contributed by atoms with Gasteiger partial charge >= 0.3 is 6.18 Å². The normalized spacial score (nSPS) is 11.3. The maximum atomic E-state index is 13.4. The van der Waals surface area contributed by atoms with Gasteiger partial charge in [-0.1, -0.05) is 30.3 Å². The summed E-state index contributed by atoms with van der Waals surface area (Å²) >= 11 is 0. The second kappa shape index (κ2) is 6.24. The fourth-order valence-corrected chi connectivity index (χ4v) is 2.25. The lowest BCUT2D eigenvalue weighted by atomic mass is 10.1. The number of halogens is 3. The Hall–Kier alpha value is -3.41. The first kappa shape index (κ1) is 16.4. The van der Waals surface area contributed by atoms with Crippen LogP contribution in [0.2, 0.25) is 0 Å². The molecule has 0 aliphatic carbocycles. The standard InChI is InChI=1S/C16H10F3N5O/c17-16(18,19)13-8-11(10-4-2-1-3-5-10)22-14-9-12(23-24(13)14)15(25)21-7-6-20/h1-5,8-9H,7H2,(H,21,25). The molecule has 0 saturated carbocycles. The third-order valence-electron chi connectivity index (χ3n) is 3.35. The summed E-state index contributed by atoms with van der Waals surface area (Å²) in [6.45, 7) is -0.276. The summed E-state index contributed by atoms with van der Waals surface area (Å²) in [5, 5.41) is 14.4. The van der Waals surface area contributed by atoms with Crippen molar-refractivity contribution in [3.8, 4) is 17.3 Å². The van der Waals surface area contributed by atoms with Crippen LogP contribution in [0.4, 0.5) is 13.2 Å². The number of fused-ring (bicyclic) bond motifs is 1. The molecular weight excluding hydrogens is 335 g/mol. The average Bonchev–Trinajstić information content (AvgIpc) is 3.02. The molecule has 1 amide bonds. The number of alkyl halides is 3. The van der Waals surface area contributed by atoms with Gasteiger partial charge in [0.2, 0.25) is 0 Å². The number of nitrogens with zero attached hydrogens (tertiary/aromatic N) is 4. The minimum absolute atomic E-state index is 0.115. The highest BCUT2D eigenvalue weighted by Gasteiger charge is 2.35. The minimum Gasteiger partial charge on any atom is -0.338 e. The summed E-state index contributed by atoms with van der Waals surface area (Å²) in [5.74, 6) is -0.749. The highest BCUT2D eigenvalue weighted by molar-refractivity contribution is 5.93. The van der Waals surface area contributed by atoms with Gasteiger partial charge in [0.05, 0.1) is 11.8 Å². The maximum absolute atomic E-state index is 13.4. The Balaban J connectivity index is 2.17. The van der Waals surface area contributed by atoms with E-state index in [2.05, 4.69) is 15.4 Å². The van der Waals surface area contributed by atoms with Crippen molar-refractivity contribution in [1.82, 2.24) is 19.9 Å². The smallest absolute Gasteiger partial charge is 0.338 e. The molecule has 2 heterocycles. The Bertz CT molecular complexity index is 973. The van der Waals surface area contributed by atoms with Gasteiger partial charge in [-0.3, -0.25) is 4.79 Å². The van der Waals surface area contributed by atoms with Crippen LogP contribution in [0.1, 0.15) is 16.2 Å². The second-order valence-electron chi connectivity index (χ2n) is 5.03. The van der Waals surface area contributed by atoms with Crippen LogP contribution in [-0.2, 0) is 6.18 Å². The van der Waals surface area contributed by atoms with E-state index in [1.807, 2.05) is 0 Å².